The molecule has 0 spiro atoms. The normalized spacial score (nSPS) is 16.0. The van der Waals surface area contributed by atoms with Crippen LogP contribution in [0.15, 0.2) is 54.1 Å². The average molecular weight is 372 g/mol. The summed E-state index contributed by atoms with van der Waals surface area (Å²) < 4.78 is 0. The van der Waals surface area contributed by atoms with Gasteiger partial charge in [0.1, 0.15) is 5.57 Å². The summed E-state index contributed by atoms with van der Waals surface area (Å²) in [5, 5.41) is 13.3. The van der Waals surface area contributed by atoms with Gasteiger partial charge in [0.15, 0.2) is 0 Å². The van der Waals surface area contributed by atoms with E-state index in [1.54, 1.807) is 24.3 Å². The Kier molecular flexibility index (Phi) is 4.51. The zero-order chi connectivity index (χ0) is 18.8. The molecule has 26 heavy (non-hydrogen) atoms. The van der Waals surface area contributed by atoms with E-state index in [4.69, 9.17) is 11.6 Å². The first-order chi connectivity index (χ1) is 12.4. The molecule has 1 aliphatic rings. The predicted molar refractivity (Wildman–Crippen MR) is 93.6 cm³/mol. The molecule has 4 amide bonds. The molecule has 1 fully saturated rings. The summed E-state index contributed by atoms with van der Waals surface area (Å²) in [7, 11) is 0. The van der Waals surface area contributed by atoms with E-state index in [2.05, 4.69) is 5.32 Å². The number of imide groups is 2. The van der Waals surface area contributed by atoms with Crippen LogP contribution in [0, 0.1) is 10.1 Å². The van der Waals surface area contributed by atoms with Crippen LogP contribution >= 0.6 is 11.6 Å². The van der Waals surface area contributed by atoms with Gasteiger partial charge in [-0.3, -0.25) is 25.0 Å². The predicted octanol–water partition coefficient (Wildman–Crippen LogP) is 2.91. The second kappa shape index (κ2) is 6.77. The zero-order valence-electron chi connectivity index (χ0n) is 13.0. The van der Waals surface area contributed by atoms with Crippen LogP contribution < -0.4 is 10.2 Å². The first kappa shape index (κ1) is 17.3. The molecular weight excluding hydrogens is 362 g/mol. The number of anilines is 1. The average Bonchev–Trinajstić information content (AvgIpc) is 2.60. The molecule has 0 bridgehead atoms. The van der Waals surface area contributed by atoms with Gasteiger partial charge in [-0.05, 0) is 35.9 Å². The fraction of sp³-hybridized carbons (Fsp3) is 0. The number of nitrogens with zero attached hydrogens (tertiary/aromatic N) is 2. The maximum atomic E-state index is 12.7. The number of rotatable bonds is 3. The van der Waals surface area contributed by atoms with Gasteiger partial charge in [0.25, 0.3) is 17.5 Å². The van der Waals surface area contributed by atoms with Crippen molar-refractivity contribution in [1.82, 2.24) is 5.32 Å². The Morgan fingerprint density at radius 1 is 1.00 bits per heavy atom. The molecule has 8 nitrogen and oxygen atoms in total. The first-order valence-electron chi connectivity index (χ1n) is 7.28. The number of nitrogens with one attached hydrogen (secondary N) is 1. The second-order valence-electron chi connectivity index (χ2n) is 5.28. The van der Waals surface area contributed by atoms with Gasteiger partial charge in [0.2, 0.25) is 0 Å². The molecule has 2 aromatic rings. The summed E-state index contributed by atoms with van der Waals surface area (Å²) >= 11 is 5.80. The van der Waals surface area contributed by atoms with E-state index in [0.717, 1.165) is 17.0 Å². The Labute approximate surface area is 151 Å². The maximum absolute atomic E-state index is 12.7. The molecule has 1 N–H and O–H groups in total. The Morgan fingerprint density at radius 2 is 1.62 bits per heavy atom. The van der Waals surface area contributed by atoms with Gasteiger partial charge >= 0.3 is 6.03 Å². The van der Waals surface area contributed by atoms with Crippen molar-refractivity contribution < 1.29 is 19.3 Å². The highest BCUT2D eigenvalue weighted by Crippen LogP contribution is 2.24. The van der Waals surface area contributed by atoms with Crippen LogP contribution in [-0.2, 0) is 9.59 Å². The summed E-state index contributed by atoms with van der Waals surface area (Å²) in [6.07, 6.45) is 1.33. The smallest absolute Gasteiger partial charge is 0.273 e. The molecule has 0 aliphatic carbocycles. The molecule has 130 valence electrons. The van der Waals surface area contributed by atoms with Crippen LogP contribution in [0.4, 0.5) is 16.2 Å². The number of nitro benzene ring substituents is 1. The minimum atomic E-state index is -0.929. The monoisotopic (exact) mass is 371 g/mol. The molecule has 1 aliphatic heterocycles. The minimum absolute atomic E-state index is 0.104. The molecule has 1 saturated heterocycles. The summed E-state index contributed by atoms with van der Waals surface area (Å²) in [5.74, 6) is -1.66. The Balaban J connectivity index is 1.97. The van der Waals surface area contributed by atoms with E-state index in [0.29, 0.717) is 10.6 Å². The number of non-ortho nitro benzene ring substituents is 1. The van der Waals surface area contributed by atoms with E-state index in [1.807, 2.05) is 0 Å². The number of hydrogen-bond acceptors (Lipinski definition) is 5. The third-order valence-corrected chi connectivity index (χ3v) is 3.85. The van der Waals surface area contributed by atoms with Crippen molar-refractivity contribution >= 4 is 46.9 Å². The van der Waals surface area contributed by atoms with Gasteiger partial charge < -0.3 is 0 Å². The lowest BCUT2D eigenvalue weighted by atomic mass is 10.1. The van der Waals surface area contributed by atoms with Crippen LogP contribution in [-0.4, -0.2) is 22.8 Å². The Morgan fingerprint density at radius 3 is 2.19 bits per heavy atom. The number of benzene rings is 2. The van der Waals surface area contributed by atoms with Gasteiger partial charge in [0.05, 0.1) is 10.6 Å². The van der Waals surface area contributed by atoms with Crippen molar-refractivity contribution in [3.05, 3.63) is 74.8 Å². The minimum Gasteiger partial charge on any atom is -0.273 e. The van der Waals surface area contributed by atoms with Crippen LogP contribution in [0.2, 0.25) is 5.02 Å². The highest BCUT2D eigenvalue weighted by Gasteiger charge is 2.36. The Bertz CT molecular complexity index is 951. The quantitative estimate of drug-likeness (QED) is 0.386. The van der Waals surface area contributed by atoms with E-state index in [1.165, 1.54) is 18.2 Å². The maximum Gasteiger partial charge on any atom is 0.335 e. The van der Waals surface area contributed by atoms with Crippen LogP contribution in [0.3, 0.4) is 0 Å². The van der Waals surface area contributed by atoms with Crippen molar-refractivity contribution in [3.63, 3.8) is 0 Å². The summed E-state index contributed by atoms with van der Waals surface area (Å²) in [6, 6.07) is 10.3. The number of carbonyl (C=O) groups excluding carboxylic acids is 3. The summed E-state index contributed by atoms with van der Waals surface area (Å²) in [6.45, 7) is 0. The largest absolute Gasteiger partial charge is 0.335 e. The number of amides is 4. The standard InChI is InChI=1S/C17H10ClN3O5/c18-11-3-1-10(2-4-11)9-14-15(22)19-17(24)20(16(14)23)12-5-7-13(8-6-12)21(25)26/h1-9H,(H,19,22,24)/b14-9-. The first-order valence-corrected chi connectivity index (χ1v) is 7.66. The lowest BCUT2D eigenvalue weighted by molar-refractivity contribution is -0.384. The van der Waals surface area contributed by atoms with Crippen molar-refractivity contribution in [2.24, 2.45) is 0 Å². The van der Waals surface area contributed by atoms with Gasteiger partial charge in [-0.25, -0.2) is 9.69 Å². The van der Waals surface area contributed by atoms with Gasteiger partial charge in [0, 0.05) is 17.2 Å². The fourth-order valence-corrected chi connectivity index (χ4v) is 2.47. The van der Waals surface area contributed by atoms with Crippen LogP contribution in [0.5, 0.6) is 0 Å². The third-order valence-electron chi connectivity index (χ3n) is 3.60. The van der Waals surface area contributed by atoms with Crippen molar-refractivity contribution in [3.8, 4) is 0 Å². The molecule has 3 rings (SSSR count). The molecule has 0 unspecified atom stereocenters. The van der Waals surface area contributed by atoms with Gasteiger partial charge in [-0.2, -0.15) is 0 Å². The number of halogens is 1. The molecule has 0 saturated carbocycles. The summed E-state index contributed by atoms with van der Waals surface area (Å²) in [5.41, 5.74) is 0.218. The van der Waals surface area contributed by atoms with Crippen molar-refractivity contribution in [1.29, 1.82) is 0 Å². The number of hydrogen-bond donors (Lipinski definition) is 1. The highest BCUT2D eigenvalue weighted by molar-refractivity contribution is 6.39. The number of nitro groups is 1. The topological polar surface area (TPSA) is 110 Å². The summed E-state index contributed by atoms with van der Waals surface area (Å²) in [4.78, 5) is 47.6. The molecule has 2 aromatic carbocycles. The lowest BCUT2D eigenvalue weighted by Crippen LogP contribution is -2.54. The van der Waals surface area contributed by atoms with Crippen molar-refractivity contribution in [2.75, 3.05) is 4.90 Å². The highest BCUT2D eigenvalue weighted by atomic mass is 35.5. The van der Waals surface area contributed by atoms with Gasteiger partial charge in [-0.1, -0.05) is 23.7 Å². The molecule has 0 radical (unpaired) electrons. The van der Waals surface area contributed by atoms with Crippen LogP contribution in [0.25, 0.3) is 6.08 Å². The van der Waals surface area contributed by atoms with Gasteiger partial charge in [-0.15, -0.1) is 0 Å². The van der Waals surface area contributed by atoms with Crippen LogP contribution in [0.1, 0.15) is 5.56 Å². The molecule has 0 aromatic heterocycles. The zero-order valence-corrected chi connectivity index (χ0v) is 13.8. The van der Waals surface area contributed by atoms with E-state index in [9.17, 15) is 24.5 Å². The molecular formula is C17H10ClN3O5. The third kappa shape index (κ3) is 3.31. The molecule has 9 heteroatoms. The second-order valence-corrected chi connectivity index (χ2v) is 5.72. The molecule has 0 atom stereocenters. The number of carbonyl (C=O) groups is 3. The fourth-order valence-electron chi connectivity index (χ4n) is 2.34. The molecule has 1 heterocycles. The van der Waals surface area contributed by atoms with E-state index in [-0.39, 0.29) is 16.9 Å². The SMILES string of the molecule is O=C1NC(=O)N(c2ccc([N+](=O)[O-])cc2)C(=O)/C1=C\c1ccc(Cl)cc1. The number of urea groups is 1. The van der Waals surface area contributed by atoms with E-state index < -0.39 is 22.8 Å². The van der Waals surface area contributed by atoms with E-state index >= 15 is 0 Å². The van der Waals surface area contributed by atoms with Crippen molar-refractivity contribution in [2.45, 2.75) is 0 Å². The number of barbiturate groups is 1. The Hall–Kier alpha value is -3.52. The lowest BCUT2D eigenvalue weighted by Gasteiger charge is -2.26.